The lowest BCUT2D eigenvalue weighted by atomic mass is 9.92. The second-order valence-electron chi connectivity index (χ2n) is 7.29. The minimum atomic E-state index is -0.469. The van der Waals surface area contributed by atoms with Crippen LogP contribution >= 0.6 is 0 Å². The number of fused-ring (bicyclic) bond motifs is 3. The van der Waals surface area contributed by atoms with E-state index >= 15 is 0 Å². The number of hydrogen-bond donors (Lipinski definition) is 2. The summed E-state index contributed by atoms with van der Waals surface area (Å²) in [5.41, 5.74) is 6.44. The molecule has 3 amide bonds. The molecule has 0 unspecified atom stereocenters. The molecular formula is C16H23N5O3. The van der Waals surface area contributed by atoms with E-state index < -0.39 is 6.03 Å². The monoisotopic (exact) mass is 333 g/mol. The van der Waals surface area contributed by atoms with Gasteiger partial charge < -0.3 is 20.7 Å². The van der Waals surface area contributed by atoms with Gasteiger partial charge in [-0.3, -0.25) is 9.48 Å². The van der Waals surface area contributed by atoms with E-state index in [1.807, 2.05) is 0 Å². The van der Waals surface area contributed by atoms with Gasteiger partial charge in [0.25, 0.3) is 5.91 Å². The van der Waals surface area contributed by atoms with Crippen molar-refractivity contribution in [3.63, 3.8) is 0 Å². The molecule has 1 aromatic rings. The van der Waals surface area contributed by atoms with Gasteiger partial charge in [-0.2, -0.15) is 5.10 Å². The van der Waals surface area contributed by atoms with Gasteiger partial charge in [0.05, 0.1) is 36.1 Å². The van der Waals surface area contributed by atoms with Gasteiger partial charge in [0, 0.05) is 19.2 Å². The van der Waals surface area contributed by atoms with Crippen molar-refractivity contribution in [3.8, 4) is 0 Å². The highest BCUT2D eigenvalue weighted by molar-refractivity contribution is 5.95. The van der Waals surface area contributed by atoms with E-state index in [4.69, 9.17) is 10.5 Å². The molecule has 2 fully saturated rings. The zero-order chi connectivity index (χ0) is 16.9. The molecule has 4 rings (SSSR count). The molecular weight excluding hydrogens is 310 g/mol. The second kappa shape index (κ2) is 5.20. The quantitative estimate of drug-likeness (QED) is 0.846. The van der Waals surface area contributed by atoms with Crippen LogP contribution in [0.2, 0.25) is 0 Å². The Kier molecular flexibility index (Phi) is 3.35. The minimum Gasteiger partial charge on any atom is -0.378 e. The molecule has 0 radical (unpaired) electrons. The van der Waals surface area contributed by atoms with Crippen molar-refractivity contribution in [3.05, 3.63) is 17.5 Å². The summed E-state index contributed by atoms with van der Waals surface area (Å²) in [7, 11) is 1.76. The SMILES string of the molecule is COC12CCC(NC(=O)c3cnn4c3CN(C(N)=O)CC4)(CC1)C2. The first kappa shape index (κ1) is 15.4. The number of nitrogens with one attached hydrogen (secondary N) is 1. The first-order valence-corrected chi connectivity index (χ1v) is 8.43. The molecule has 0 aromatic carbocycles. The number of methoxy groups -OCH3 is 1. The number of nitrogens with zero attached hydrogens (tertiary/aromatic N) is 3. The number of hydrogen-bond acceptors (Lipinski definition) is 4. The summed E-state index contributed by atoms with van der Waals surface area (Å²) in [4.78, 5) is 25.8. The van der Waals surface area contributed by atoms with Gasteiger partial charge in [-0.05, 0) is 32.1 Å². The van der Waals surface area contributed by atoms with Crippen LogP contribution in [0, 0.1) is 0 Å². The van der Waals surface area contributed by atoms with Crippen LogP contribution in [0.5, 0.6) is 0 Å². The standard InChI is InChI=1S/C16H23N5O3/c1-24-16-4-2-15(10-16,3-5-16)19-13(22)11-8-18-21-7-6-20(14(17)23)9-12(11)21/h8H,2-7,9-10H2,1H3,(H2,17,23)(H,19,22). The summed E-state index contributed by atoms with van der Waals surface area (Å²) in [6, 6.07) is -0.469. The number of urea groups is 1. The van der Waals surface area contributed by atoms with E-state index in [9.17, 15) is 9.59 Å². The van der Waals surface area contributed by atoms with E-state index in [0.29, 0.717) is 25.2 Å². The van der Waals surface area contributed by atoms with Crippen molar-refractivity contribution in [1.29, 1.82) is 0 Å². The number of amides is 3. The Morgan fingerprint density at radius 2 is 2.04 bits per heavy atom. The zero-order valence-corrected chi connectivity index (χ0v) is 13.9. The van der Waals surface area contributed by atoms with Crippen molar-refractivity contribution >= 4 is 11.9 Å². The highest BCUT2D eigenvalue weighted by atomic mass is 16.5. The third kappa shape index (κ3) is 2.28. The van der Waals surface area contributed by atoms with E-state index in [0.717, 1.165) is 37.8 Å². The highest BCUT2D eigenvalue weighted by Crippen LogP contribution is 2.52. The lowest BCUT2D eigenvalue weighted by molar-refractivity contribution is -0.000310. The summed E-state index contributed by atoms with van der Waals surface area (Å²) in [5, 5.41) is 7.52. The Labute approximate surface area is 140 Å². The molecule has 2 heterocycles. The zero-order valence-electron chi connectivity index (χ0n) is 13.9. The number of carbonyl (C=O) groups is 2. The van der Waals surface area contributed by atoms with Gasteiger partial charge in [0.15, 0.2) is 0 Å². The molecule has 2 bridgehead atoms. The molecule has 3 aliphatic rings. The summed E-state index contributed by atoms with van der Waals surface area (Å²) >= 11 is 0. The van der Waals surface area contributed by atoms with Crippen LogP contribution in [-0.4, -0.2) is 51.4 Å². The van der Waals surface area contributed by atoms with Crippen LogP contribution in [0.1, 0.15) is 48.2 Å². The molecule has 2 saturated carbocycles. The Hall–Kier alpha value is -2.09. The average Bonchev–Trinajstić information content (AvgIpc) is 3.25. The van der Waals surface area contributed by atoms with Crippen molar-refractivity contribution in [1.82, 2.24) is 20.0 Å². The summed E-state index contributed by atoms with van der Waals surface area (Å²) in [6.07, 6.45) is 6.35. The lowest BCUT2D eigenvalue weighted by Crippen LogP contribution is -2.46. The molecule has 0 saturated heterocycles. The molecule has 8 nitrogen and oxygen atoms in total. The van der Waals surface area contributed by atoms with Crippen molar-refractivity contribution in [2.24, 2.45) is 5.73 Å². The van der Waals surface area contributed by atoms with Gasteiger partial charge in [0.2, 0.25) is 0 Å². The predicted molar refractivity (Wildman–Crippen MR) is 85.2 cm³/mol. The van der Waals surface area contributed by atoms with E-state index in [-0.39, 0.29) is 17.0 Å². The molecule has 24 heavy (non-hydrogen) atoms. The van der Waals surface area contributed by atoms with Crippen LogP contribution in [-0.2, 0) is 17.8 Å². The van der Waals surface area contributed by atoms with Crippen LogP contribution in [0.15, 0.2) is 6.20 Å². The molecule has 3 N–H and O–H groups in total. The van der Waals surface area contributed by atoms with Crippen molar-refractivity contribution in [2.45, 2.75) is 56.3 Å². The highest BCUT2D eigenvalue weighted by Gasteiger charge is 2.55. The van der Waals surface area contributed by atoms with Gasteiger partial charge in [0.1, 0.15) is 0 Å². The summed E-state index contributed by atoms with van der Waals surface area (Å²) in [6.45, 7) is 1.40. The smallest absolute Gasteiger partial charge is 0.315 e. The first-order valence-electron chi connectivity index (χ1n) is 8.43. The van der Waals surface area contributed by atoms with Gasteiger partial charge in [-0.25, -0.2) is 4.79 Å². The maximum absolute atomic E-state index is 12.8. The maximum Gasteiger partial charge on any atom is 0.315 e. The third-order valence-electron chi connectivity index (χ3n) is 6.02. The Morgan fingerprint density at radius 1 is 1.29 bits per heavy atom. The largest absolute Gasteiger partial charge is 0.378 e. The molecule has 1 aliphatic heterocycles. The Morgan fingerprint density at radius 3 is 2.67 bits per heavy atom. The number of aromatic nitrogens is 2. The number of primary amides is 1. The minimum absolute atomic E-state index is 0.0610. The normalized spacial score (nSPS) is 31.1. The summed E-state index contributed by atoms with van der Waals surface area (Å²) in [5.74, 6) is -0.114. The third-order valence-corrected chi connectivity index (χ3v) is 6.02. The molecule has 130 valence electrons. The fourth-order valence-electron chi connectivity index (χ4n) is 4.53. The number of rotatable bonds is 3. The number of carbonyl (C=O) groups excluding carboxylic acids is 2. The fourth-order valence-corrected chi connectivity index (χ4v) is 4.53. The first-order chi connectivity index (χ1) is 11.5. The topological polar surface area (TPSA) is 102 Å². The number of nitrogens with two attached hydrogens (primary N) is 1. The van der Waals surface area contributed by atoms with Crippen LogP contribution in [0.3, 0.4) is 0 Å². The second-order valence-corrected chi connectivity index (χ2v) is 7.29. The van der Waals surface area contributed by atoms with Gasteiger partial charge in [-0.1, -0.05) is 0 Å². The van der Waals surface area contributed by atoms with Crippen LogP contribution in [0.25, 0.3) is 0 Å². The average molecular weight is 333 g/mol. The molecule has 8 heteroatoms. The molecule has 0 spiro atoms. The van der Waals surface area contributed by atoms with Gasteiger partial charge >= 0.3 is 6.03 Å². The van der Waals surface area contributed by atoms with E-state index in [1.54, 1.807) is 18.0 Å². The van der Waals surface area contributed by atoms with Crippen molar-refractivity contribution in [2.75, 3.05) is 13.7 Å². The Balaban J connectivity index is 1.53. The van der Waals surface area contributed by atoms with Crippen LogP contribution in [0.4, 0.5) is 4.79 Å². The van der Waals surface area contributed by atoms with Crippen LogP contribution < -0.4 is 11.1 Å². The van der Waals surface area contributed by atoms with E-state index in [1.165, 1.54) is 4.90 Å². The number of ether oxygens (including phenoxy) is 1. The molecule has 2 aliphatic carbocycles. The van der Waals surface area contributed by atoms with Crippen molar-refractivity contribution < 1.29 is 14.3 Å². The molecule has 0 atom stereocenters. The fraction of sp³-hybridized carbons (Fsp3) is 0.688. The summed E-state index contributed by atoms with van der Waals surface area (Å²) < 4.78 is 7.48. The maximum atomic E-state index is 12.8. The van der Waals surface area contributed by atoms with E-state index in [2.05, 4.69) is 10.4 Å². The lowest BCUT2D eigenvalue weighted by Gasteiger charge is -2.29. The van der Waals surface area contributed by atoms with Gasteiger partial charge in [-0.15, -0.1) is 0 Å². The molecule has 1 aromatic heterocycles. The Bertz CT molecular complexity index is 690. The predicted octanol–water partition coefficient (Wildman–Crippen LogP) is 0.609.